The number of carbonyl (C=O) groups excluding carboxylic acids is 2. The zero-order valence-electron chi connectivity index (χ0n) is 37.5. The summed E-state index contributed by atoms with van der Waals surface area (Å²) >= 11 is 0. The number of ether oxygens (including phenoxy) is 3. The molecule has 1 amide bonds. The van der Waals surface area contributed by atoms with Gasteiger partial charge in [-0.1, -0.05) is 44.1 Å². The van der Waals surface area contributed by atoms with E-state index in [1.807, 2.05) is 24.4 Å². The average molecular weight is 881 g/mol. The van der Waals surface area contributed by atoms with Gasteiger partial charge >= 0.3 is 11.7 Å². The third-order valence-corrected chi connectivity index (χ3v) is 16.5. The molecule has 16 nitrogen and oxygen atoms in total. The molecule has 0 radical (unpaired) electrons. The van der Waals surface area contributed by atoms with Gasteiger partial charge in [0.2, 0.25) is 11.4 Å². The molecule has 1 unspecified atom stereocenters. The van der Waals surface area contributed by atoms with E-state index in [1.165, 1.54) is 44.6 Å². The van der Waals surface area contributed by atoms with Crippen LogP contribution < -0.4 is 5.32 Å². The van der Waals surface area contributed by atoms with Crippen molar-refractivity contribution in [1.82, 2.24) is 20.6 Å². The average Bonchev–Trinajstić information content (AvgIpc) is 4.04. The number of hydrogen-bond acceptors (Lipinski definition) is 11. The van der Waals surface area contributed by atoms with Gasteiger partial charge in [-0.05, 0) is 162 Å². The van der Waals surface area contributed by atoms with Gasteiger partial charge in [0.05, 0.1) is 31.4 Å². The first-order valence-corrected chi connectivity index (χ1v) is 23.6. The number of esters is 1. The second-order valence-corrected chi connectivity index (χ2v) is 19.7. The number of aromatic nitrogens is 3. The first-order valence-electron chi connectivity index (χ1n) is 23.6. The van der Waals surface area contributed by atoms with Gasteiger partial charge in [-0.3, -0.25) is 19.7 Å². The van der Waals surface area contributed by atoms with E-state index < -0.39 is 10.8 Å². The maximum Gasteiger partial charge on any atom is 0.305 e. The molecule has 4 saturated carbocycles. The van der Waals surface area contributed by atoms with Gasteiger partial charge in [-0.25, -0.2) is 4.63 Å². The minimum Gasteiger partial charge on any atom is -0.463 e. The predicted molar refractivity (Wildman–Crippen MR) is 240 cm³/mol. The number of aromatic amines is 1. The monoisotopic (exact) mass is 880 g/mol. The molecule has 2 aromatic heterocycles. The van der Waals surface area contributed by atoms with Gasteiger partial charge < -0.3 is 24.5 Å². The molecule has 2 heterocycles. The molecule has 10 atom stereocenters. The van der Waals surface area contributed by atoms with Crippen LogP contribution in [0.4, 0.5) is 5.69 Å². The number of nitro benzene ring substituents is 1. The van der Waals surface area contributed by atoms with Crippen LogP contribution >= 0.6 is 0 Å². The number of rotatable bonds is 20. The summed E-state index contributed by atoms with van der Waals surface area (Å²) in [6.07, 6.45) is 14.5. The fraction of sp³-hybridized carbons (Fsp3) is 0.667. The van der Waals surface area contributed by atoms with E-state index in [1.54, 1.807) is 6.07 Å². The smallest absolute Gasteiger partial charge is 0.305 e. The Morgan fingerprint density at radius 3 is 2.53 bits per heavy atom. The number of azide groups is 1. The van der Waals surface area contributed by atoms with E-state index in [-0.39, 0.29) is 46.6 Å². The maximum atomic E-state index is 14.5. The van der Waals surface area contributed by atoms with E-state index in [4.69, 9.17) is 24.4 Å². The summed E-state index contributed by atoms with van der Waals surface area (Å²) in [5, 5.41) is 27.6. The Hall–Kier alpha value is -5.05. The van der Waals surface area contributed by atoms with Gasteiger partial charge in [-0.15, -0.1) is 0 Å². The highest BCUT2D eigenvalue weighted by molar-refractivity contribution is 5.88. The number of para-hydroxylation sites is 1. The molecule has 0 saturated heterocycles. The van der Waals surface area contributed by atoms with Crippen LogP contribution in [0.25, 0.3) is 32.4 Å². The molecule has 2 aromatic carbocycles. The van der Waals surface area contributed by atoms with E-state index in [9.17, 15) is 19.7 Å². The Balaban J connectivity index is 0.852. The highest BCUT2D eigenvalue weighted by Gasteiger charge is 2.60. The van der Waals surface area contributed by atoms with Crippen LogP contribution in [-0.4, -0.2) is 77.7 Å². The number of amides is 1. The zero-order chi connectivity index (χ0) is 44.8. The molecule has 0 bridgehead atoms. The lowest BCUT2D eigenvalue weighted by molar-refractivity contribution is -0.383. The summed E-state index contributed by atoms with van der Waals surface area (Å²) in [4.78, 5) is 44.5. The fourth-order valence-corrected chi connectivity index (χ4v) is 13.3. The first-order chi connectivity index (χ1) is 31.0. The number of benzene rings is 2. The molecule has 16 heteroatoms. The van der Waals surface area contributed by atoms with Crippen molar-refractivity contribution in [3.05, 3.63) is 74.3 Å². The molecule has 4 aliphatic carbocycles. The van der Waals surface area contributed by atoms with Crippen LogP contribution in [0.3, 0.4) is 0 Å². The predicted octanol–water partition coefficient (Wildman–Crippen LogP) is 9.46. The Morgan fingerprint density at radius 2 is 1.70 bits per heavy atom. The summed E-state index contributed by atoms with van der Waals surface area (Å²) in [5.41, 5.74) is 11.8. The highest BCUT2D eigenvalue weighted by atomic mass is 16.6. The van der Waals surface area contributed by atoms with E-state index >= 15 is 0 Å². The van der Waals surface area contributed by atoms with Crippen molar-refractivity contribution in [3.63, 3.8) is 0 Å². The number of H-pyrrole nitrogens is 1. The van der Waals surface area contributed by atoms with Crippen LogP contribution in [0.1, 0.15) is 103 Å². The molecule has 4 aromatic rings. The molecule has 0 spiro atoms. The van der Waals surface area contributed by atoms with Crippen LogP contribution in [-0.2, 0) is 36.6 Å². The van der Waals surface area contributed by atoms with Crippen LogP contribution in [0.2, 0.25) is 0 Å². The number of nitrogens with zero attached hydrogens (tertiary/aromatic N) is 6. The lowest BCUT2D eigenvalue weighted by Gasteiger charge is -2.61. The van der Waals surface area contributed by atoms with E-state index in [2.05, 4.69) is 57.5 Å². The molecule has 64 heavy (non-hydrogen) atoms. The largest absolute Gasteiger partial charge is 0.463 e. The molecular formula is C48H64N8O8. The molecule has 344 valence electrons. The number of nitrogens with one attached hydrogen (secondary N) is 2. The summed E-state index contributed by atoms with van der Waals surface area (Å²) in [6, 6.07) is 11.3. The van der Waals surface area contributed by atoms with Crippen molar-refractivity contribution >= 4 is 39.5 Å². The van der Waals surface area contributed by atoms with Crippen molar-refractivity contribution in [2.75, 3.05) is 39.6 Å². The third-order valence-electron chi connectivity index (χ3n) is 16.5. The van der Waals surface area contributed by atoms with E-state index in [0.717, 1.165) is 48.1 Å². The number of non-ortho nitro benzene ring substituents is 1. The van der Waals surface area contributed by atoms with Crippen LogP contribution in [0.5, 0.6) is 0 Å². The number of fused-ring (bicyclic) bond motifs is 7. The standard InChI is InChI=1S/C48H64N8O8/c1-30(8-15-43(57)63-25-24-62-23-22-61-21-20-51-55-49)38-12-13-39-37-11-10-34-28-35(16-18-47(34,2)40(37)17-19-48(38,39)3)52-46(58)32(27-33-29-50-41-7-5-4-6-36(33)41)26-31-9-14-42(56(59)60)45-44(31)53-64-54-45/h4-7,9,14,29-30,32,34-35,37-40,50H,8,10-13,15-28H2,1-3H3,(H,52,58)/t30-,32+,34-,35-,37+,38?,39+,40+,47+,48-/m1/s1. The first kappa shape index (κ1) is 45.5. The molecule has 8 rings (SSSR count). The van der Waals surface area contributed by atoms with Gasteiger partial charge in [0.25, 0.3) is 0 Å². The SMILES string of the molecule is C[C@H](CCC(=O)OCCOCCOCCN=[N+]=[N-])C1CC[C@H]2[C@@H]3CC[C@@H]4C[C@H](NC(=O)[C@H](Cc5c[nH]c6ccccc56)Cc5ccc([N+](=O)[O-])c6nonc56)CC[C@]4(C)[C@H]3CC[C@]12C. The Kier molecular flexibility index (Phi) is 14.2. The lowest BCUT2D eigenvalue weighted by Crippen LogP contribution is -2.56. The van der Waals surface area contributed by atoms with Gasteiger partial charge in [0, 0.05) is 53.0 Å². The van der Waals surface area contributed by atoms with Crippen molar-refractivity contribution in [1.29, 1.82) is 0 Å². The van der Waals surface area contributed by atoms with Crippen molar-refractivity contribution in [3.8, 4) is 0 Å². The summed E-state index contributed by atoms with van der Waals surface area (Å²) < 4.78 is 21.3. The molecule has 2 N–H and O–H groups in total. The second kappa shape index (κ2) is 20.0. The van der Waals surface area contributed by atoms with Gasteiger partial charge in [0.1, 0.15) is 12.1 Å². The van der Waals surface area contributed by atoms with Crippen LogP contribution in [0.15, 0.2) is 52.3 Å². The number of nitro groups is 1. The van der Waals surface area contributed by atoms with Crippen LogP contribution in [0, 0.1) is 62.4 Å². The lowest BCUT2D eigenvalue weighted by atomic mass is 9.44. The normalized spacial score (nSPS) is 28.4. The molecule has 0 aliphatic heterocycles. The highest BCUT2D eigenvalue weighted by Crippen LogP contribution is 2.68. The van der Waals surface area contributed by atoms with Gasteiger partial charge in [-0.2, -0.15) is 0 Å². The minimum atomic E-state index is -0.488. The number of carbonyl (C=O) groups is 2. The third kappa shape index (κ3) is 9.51. The Morgan fingerprint density at radius 1 is 0.953 bits per heavy atom. The Bertz CT molecular complexity index is 2330. The second-order valence-electron chi connectivity index (χ2n) is 19.7. The van der Waals surface area contributed by atoms with Gasteiger partial charge in [0.15, 0.2) is 0 Å². The summed E-state index contributed by atoms with van der Waals surface area (Å²) in [6.45, 7) is 9.47. The maximum absolute atomic E-state index is 14.5. The minimum absolute atomic E-state index is 0.00391. The molecular weight excluding hydrogens is 817 g/mol. The van der Waals surface area contributed by atoms with Crippen molar-refractivity contribution in [2.45, 2.75) is 110 Å². The zero-order valence-corrected chi connectivity index (χ0v) is 37.5. The summed E-state index contributed by atoms with van der Waals surface area (Å²) in [7, 11) is 0. The topological polar surface area (TPSA) is 220 Å². The quantitative estimate of drug-likeness (QED) is 0.0163. The van der Waals surface area contributed by atoms with Crippen molar-refractivity contribution in [2.24, 2.45) is 57.4 Å². The molecule has 4 aliphatic rings. The van der Waals surface area contributed by atoms with Crippen molar-refractivity contribution < 1.29 is 33.4 Å². The summed E-state index contributed by atoms with van der Waals surface area (Å²) in [5.74, 6) is 3.10. The van der Waals surface area contributed by atoms with E-state index in [0.29, 0.717) is 92.9 Å². The molecule has 4 fully saturated rings. The fourth-order valence-electron chi connectivity index (χ4n) is 13.3. The Labute approximate surface area is 374 Å². The number of hydrogen-bond donors (Lipinski definition) is 2.